The first-order chi connectivity index (χ1) is 11.6. The molecular weight excluding hydrogens is 308 g/mol. The fraction of sp³-hybridized carbons (Fsp3) is 0.375. The average Bonchev–Trinajstić information content (AvgIpc) is 2.62. The lowest BCUT2D eigenvalue weighted by Gasteiger charge is -2.35. The third kappa shape index (κ3) is 3.70. The molecule has 2 amide bonds. The van der Waals surface area contributed by atoms with Crippen molar-refractivity contribution in [3.8, 4) is 0 Å². The molecule has 0 saturated carbocycles. The number of nitrogens with one attached hydrogen (secondary N) is 2. The molecule has 0 radical (unpaired) electrons. The quantitative estimate of drug-likeness (QED) is 0.867. The third-order valence-electron chi connectivity index (χ3n) is 4.08. The zero-order chi connectivity index (χ0) is 16.9. The van der Waals surface area contributed by atoms with Gasteiger partial charge in [-0.05, 0) is 18.6 Å². The number of amides is 2. The van der Waals surface area contributed by atoms with Crippen molar-refractivity contribution in [2.45, 2.75) is 13.0 Å². The summed E-state index contributed by atoms with van der Waals surface area (Å²) in [6, 6.07) is 2.94. The Morgan fingerprint density at radius 1 is 1.29 bits per heavy atom. The highest BCUT2D eigenvalue weighted by Gasteiger charge is 2.23. The second kappa shape index (κ2) is 7.12. The molecule has 1 aliphatic heterocycles. The van der Waals surface area contributed by atoms with Crippen molar-refractivity contribution < 1.29 is 4.79 Å². The maximum Gasteiger partial charge on any atom is 0.317 e. The number of aromatic amines is 1. The summed E-state index contributed by atoms with van der Waals surface area (Å²) >= 11 is 0. The molecule has 1 atom stereocenters. The van der Waals surface area contributed by atoms with E-state index in [0.717, 1.165) is 11.4 Å². The van der Waals surface area contributed by atoms with Crippen LogP contribution in [0.3, 0.4) is 0 Å². The number of carbonyl (C=O) groups is 1. The van der Waals surface area contributed by atoms with E-state index in [4.69, 9.17) is 0 Å². The summed E-state index contributed by atoms with van der Waals surface area (Å²) in [5.74, 6) is 0.828. The van der Waals surface area contributed by atoms with Crippen LogP contribution in [-0.4, -0.2) is 52.1 Å². The smallest absolute Gasteiger partial charge is 0.317 e. The Bertz CT molecular complexity index is 739. The predicted octanol–water partition coefficient (Wildman–Crippen LogP) is 0.758. The summed E-state index contributed by atoms with van der Waals surface area (Å²) in [7, 11) is 0. The number of H-pyrrole nitrogens is 1. The van der Waals surface area contributed by atoms with Crippen molar-refractivity contribution in [1.29, 1.82) is 0 Å². The molecule has 0 spiro atoms. The Labute approximate surface area is 139 Å². The van der Waals surface area contributed by atoms with E-state index in [2.05, 4.69) is 25.2 Å². The first kappa shape index (κ1) is 16.0. The molecular formula is C16H20N6O2. The van der Waals surface area contributed by atoms with E-state index < -0.39 is 0 Å². The highest BCUT2D eigenvalue weighted by molar-refractivity contribution is 5.75. The number of rotatable bonds is 3. The van der Waals surface area contributed by atoms with Crippen LogP contribution in [0.4, 0.5) is 10.6 Å². The molecule has 126 valence electrons. The maximum absolute atomic E-state index is 12.4. The standard InChI is InChI=1S/C16H20N6O2/c1-12(13-2-3-19-15(23)10-13)20-16(24)22-8-6-21(7-9-22)14-11-17-4-5-18-14/h2-5,10-12H,6-9H2,1H3,(H,19,23)(H,20,24). The van der Waals surface area contributed by atoms with Gasteiger partial charge in [0.2, 0.25) is 5.56 Å². The van der Waals surface area contributed by atoms with Crippen LogP contribution in [0, 0.1) is 0 Å². The van der Waals surface area contributed by atoms with Crippen LogP contribution in [0.5, 0.6) is 0 Å². The molecule has 2 aromatic rings. The van der Waals surface area contributed by atoms with Crippen molar-refractivity contribution >= 4 is 11.8 Å². The topological polar surface area (TPSA) is 94.2 Å². The Morgan fingerprint density at radius 2 is 2.08 bits per heavy atom. The van der Waals surface area contributed by atoms with Crippen LogP contribution in [0.15, 0.2) is 41.7 Å². The summed E-state index contributed by atoms with van der Waals surface area (Å²) in [6.07, 6.45) is 6.62. The molecule has 8 nitrogen and oxygen atoms in total. The normalized spacial score (nSPS) is 15.9. The minimum absolute atomic E-state index is 0.124. The summed E-state index contributed by atoms with van der Waals surface area (Å²) in [4.78, 5) is 38.6. The van der Waals surface area contributed by atoms with Gasteiger partial charge in [0, 0.05) is 50.8 Å². The number of pyridine rings is 1. The third-order valence-corrected chi connectivity index (χ3v) is 4.08. The van der Waals surface area contributed by atoms with E-state index in [1.165, 1.54) is 6.07 Å². The maximum atomic E-state index is 12.4. The summed E-state index contributed by atoms with van der Waals surface area (Å²) < 4.78 is 0. The second-order valence-corrected chi connectivity index (χ2v) is 5.70. The second-order valence-electron chi connectivity index (χ2n) is 5.70. The molecule has 1 saturated heterocycles. The molecule has 2 aromatic heterocycles. The fourth-order valence-electron chi connectivity index (χ4n) is 2.68. The molecule has 0 bridgehead atoms. The lowest BCUT2D eigenvalue weighted by molar-refractivity contribution is 0.191. The average molecular weight is 328 g/mol. The van der Waals surface area contributed by atoms with Crippen molar-refractivity contribution in [3.63, 3.8) is 0 Å². The first-order valence-electron chi connectivity index (χ1n) is 7.88. The van der Waals surface area contributed by atoms with Crippen LogP contribution in [0.2, 0.25) is 0 Å². The van der Waals surface area contributed by atoms with Gasteiger partial charge in [0.1, 0.15) is 5.82 Å². The largest absolute Gasteiger partial charge is 0.352 e. The molecule has 2 N–H and O–H groups in total. The number of hydrogen-bond donors (Lipinski definition) is 2. The number of piperazine rings is 1. The van der Waals surface area contributed by atoms with Gasteiger partial charge in [-0.15, -0.1) is 0 Å². The van der Waals surface area contributed by atoms with Crippen LogP contribution >= 0.6 is 0 Å². The van der Waals surface area contributed by atoms with E-state index in [-0.39, 0.29) is 17.6 Å². The van der Waals surface area contributed by atoms with Gasteiger partial charge in [0.05, 0.1) is 12.2 Å². The van der Waals surface area contributed by atoms with Crippen molar-refractivity contribution in [1.82, 2.24) is 25.2 Å². The van der Waals surface area contributed by atoms with Crippen molar-refractivity contribution in [3.05, 3.63) is 52.8 Å². The van der Waals surface area contributed by atoms with Crippen LogP contribution in [0.1, 0.15) is 18.5 Å². The first-order valence-corrected chi connectivity index (χ1v) is 7.88. The minimum Gasteiger partial charge on any atom is -0.352 e. The van der Waals surface area contributed by atoms with E-state index in [1.807, 2.05) is 6.92 Å². The number of nitrogens with zero attached hydrogens (tertiary/aromatic N) is 4. The van der Waals surface area contributed by atoms with Gasteiger partial charge in [-0.1, -0.05) is 0 Å². The molecule has 1 unspecified atom stereocenters. The predicted molar refractivity (Wildman–Crippen MR) is 89.8 cm³/mol. The van der Waals surface area contributed by atoms with Gasteiger partial charge in [0.15, 0.2) is 0 Å². The van der Waals surface area contributed by atoms with Gasteiger partial charge in [0.25, 0.3) is 0 Å². The zero-order valence-electron chi connectivity index (χ0n) is 13.5. The Morgan fingerprint density at radius 3 is 2.75 bits per heavy atom. The van der Waals surface area contributed by atoms with E-state index >= 15 is 0 Å². The summed E-state index contributed by atoms with van der Waals surface area (Å²) in [5.41, 5.74) is 0.608. The molecule has 1 fully saturated rings. The lowest BCUT2D eigenvalue weighted by Crippen LogP contribution is -2.52. The molecule has 3 heterocycles. The summed E-state index contributed by atoms with van der Waals surface area (Å²) in [6.45, 7) is 4.52. The van der Waals surface area contributed by atoms with Gasteiger partial charge >= 0.3 is 6.03 Å². The number of anilines is 1. The Hall–Kier alpha value is -2.90. The highest BCUT2D eigenvalue weighted by Crippen LogP contribution is 2.13. The van der Waals surface area contributed by atoms with E-state index in [9.17, 15) is 9.59 Å². The molecule has 3 rings (SSSR count). The van der Waals surface area contributed by atoms with Crippen LogP contribution < -0.4 is 15.8 Å². The van der Waals surface area contributed by atoms with Gasteiger partial charge < -0.3 is 20.1 Å². The molecule has 24 heavy (non-hydrogen) atoms. The van der Waals surface area contributed by atoms with Gasteiger partial charge in [-0.2, -0.15) is 0 Å². The van der Waals surface area contributed by atoms with Crippen molar-refractivity contribution in [2.75, 3.05) is 31.1 Å². The van der Waals surface area contributed by atoms with Crippen molar-refractivity contribution in [2.24, 2.45) is 0 Å². The molecule has 8 heteroatoms. The van der Waals surface area contributed by atoms with Gasteiger partial charge in [-0.25, -0.2) is 9.78 Å². The van der Waals surface area contributed by atoms with E-state index in [0.29, 0.717) is 26.2 Å². The monoisotopic (exact) mass is 328 g/mol. The fourth-order valence-corrected chi connectivity index (χ4v) is 2.68. The van der Waals surface area contributed by atoms with Crippen LogP contribution in [-0.2, 0) is 0 Å². The number of hydrogen-bond acceptors (Lipinski definition) is 5. The number of aromatic nitrogens is 3. The minimum atomic E-state index is -0.224. The van der Waals surface area contributed by atoms with Gasteiger partial charge in [-0.3, -0.25) is 9.78 Å². The lowest BCUT2D eigenvalue weighted by atomic mass is 10.1. The molecule has 0 aromatic carbocycles. The Balaban J connectivity index is 1.54. The van der Waals surface area contributed by atoms with Crippen LogP contribution in [0.25, 0.3) is 0 Å². The highest BCUT2D eigenvalue weighted by atomic mass is 16.2. The zero-order valence-corrected chi connectivity index (χ0v) is 13.5. The molecule has 0 aliphatic carbocycles. The summed E-state index contributed by atoms with van der Waals surface area (Å²) in [5, 5.41) is 2.94. The molecule has 1 aliphatic rings. The SMILES string of the molecule is CC(NC(=O)N1CCN(c2cnccn2)CC1)c1cc[nH]c(=O)c1. The number of urea groups is 1. The van der Waals surface area contributed by atoms with E-state index in [1.54, 1.807) is 35.8 Å². The Kier molecular flexibility index (Phi) is 4.74. The number of carbonyl (C=O) groups excluding carboxylic acids is 1.